The molecule has 0 N–H and O–H groups in total. The van der Waals surface area contributed by atoms with Gasteiger partial charge in [0.1, 0.15) is 5.78 Å². The maximum absolute atomic E-state index is 12.6. The molecule has 1 aliphatic rings. The zero-order valence-corrected chi connectivity index (χ0v) is 11.9. The van der Waals surface area contributed by atoms with Gasteiger partial charge in [0, 0.05) is 31.5 Å². The predicted molar refractivity (Wildman–Crippen MR) is 75.3 cm³/mol. The van der Waals surface area contributed by atoms with Crippen LogP contribution in [0.1, 0.15) is 49.5 Å². The Morgan fingerprint density at radius 1 is 1.11 bits per heavy atom. The number of hydrogen-bond acceptors (Lipinski definition) is 2. The van der Waals surface area contributed by atoms with Gasteiger partial charge in [-0.05, 0) is 17.0 Å². The first-order chi connectivity index (χ1) is 8.89. The number of nitrogens with zero attached hydrogens (tertiary/aromatic N) is 1. The van der Waals surface area contributed by atoms with Crippen LogP contribution in [0.3, 0.4) is 0 Å². The van der Waals surface area contributed by atoms with Crippen LogP contribution < -0.4 is 0 Å². The lowest BCUT2D eigenvalue weighted by Crippen LogP contribution is -2.39. The molecule has 0 aromatic heterocycles. The number of hydrogen-bond donors (Lipinski definition) is 0. The molecule has 0 bridgehead atoms. The molecule has 2 rings (SSSR count). The lowest BCUT2D eigenvalue weighted by molar-refractivity contribution is -0.120. The van der Waals surface area contributed by atoms with Crippen molar-refractivity contribution >= 4 is 11.7 Å². The molecule has 0 atom stereocenters. The smallest absolute Gasteiger partial charge is 0.254 e. The summed E-state index contributed by atoms with van der Waals surface area (Å²) in [6.45, 7) is 7.43. The predicted octanol–water partition coefficient (Wildman–Crippen LogP) is 2.79. The van der Waals surface area contributed by atoms with Crippen molar-refractivity contribution in [3.8, 4) is 0 Å². The number of likely N-dealkylation sites (tertiary alicyclic amines) is 1. The second-order valence-electron chi connectivity index (χ2n) is 6.13. The van der Waals surface area contributed by atoms with E-state index in [1.54, 1.807) is 4.90 Å². The van der Waals surface area contributed by atoms with Crippen LogP contribution in [0.2, 0.25) is 0 Å². The minimum Gasteiger partial charge on any atom is -0.338 e. The fourth-order valence-corrected chi connectivity index (χ4v) is 2.45. The third kappa shape index (κ3) is 3.03. The molecule has 0 spiro atoms. The van der Waals surface area contributed by atoms with Gasteiger partial charge in [0.2, 0.25) is 0 Å². The van der Waals surface area contributed by atoms with Gasteiger partial charge in [-0.15, -0.1) is 0 Å². The Kier molecular flexibility index (Phi) is 3.74. The van der Waals surface area contributed by atoms with Crippen LogP contribution in [0.4, 0.5) is 0 Å². The number of ketones is 1. The first-order valence-electron chi connectivity index (χ1n) is 6.80. The third-order valence-corrected chi connectivity index (χ3v) is 3.57. The van der Waals surface area contributed by atoms with E-state index < -0.39 is 0 Å². The summed E-state index contributed by atoms with van der Waals surface area (Å²) in [7, 11) is 0. The quantitative estimate of drug-likeness (QED) is 0.777. The first kappa shape index (κ1) is 13.8. The number of Topliss-reactive ketones (excluding diaryl/α,β-unsaturated/α-hetero) is 1. The van der Waals surface area contributed by atoms with E-state index in [0.29, 0.717) is 25.9 Å². The molecule has 0 aliphatic carbocycles. The van der Waals surface area contributed by atoms with Crippen molar-refractivity contribution in [3.63, 3.8) is 0 Å². The van der Waals surface area contributed by atoms with Crippen molar-refractivity contribution in [2.45, 2.75) is 39.0 Å². The van der Waals surface area contributed by atoms with Gasteiger partial charge in [-0.1, -0.05) is 39.0 Å². The highest BCUT2D eigenvalue weighted by molar-refractivity contribution is 5.97. The van der Waals surface area contributed by atoms with Crippen LogP contribution in [0.5, 0.6) is 0 Å². The van der Waals surface area contributed by atoms with E-state index in [9.17, 15) is 9.59 Å². The molecule has 0 unspecified atom stereocenters. The van der Waals surface area contributed by atoms with Crippen LogP contribution in [0.25, 0.3) is 0 Å². The molecule has 1 amide bonds. The van der Waals surface area contributed by atoms with Crippen molar-refractivity contribution in [1.29, 1.82) is 0 Å². The zero-order chi connectivity index (χ0) is 14.0. The molecule has 3 heteroatoms. The lowest BCUT2D eigenvalue weighted by atomic mass is 9.83. The molecule has 1 heterocycles. The molecular weight excluding hydrogens is 238 g/mol. The minimum absolute atomic E-state index is 0.0537. The SMILES string of the molecule is CC(C)(C)c1ccccc1C(=O)N1CCC(=O)CC1. The number of carbonyl (C=O) groups excluding carboxylic acids is 2. The molecule has 3 nitrogen and oxygen atoms in total. The van der Waals surface area contributed by atoms with Gasteiger partial charge in [0.25, 0.3) is 5.91 Å². The van der Waals surface area contributed by atoms with Gasteiger partial charge in [-0.25, -0.2) is 0 Å². The van der Waals surface area contributed by atoms with E-state index in [1.165, 1.54) is 0 Å². The fraction of sp³-hybridized carbons (Fsp3) is 0.500. The molecule has 19 heavy (non-hydrogen) atoms. The normalized spacial score (nSPS) is 16.6. The highest BCUT2D eigenvalue weighted by Crippen LogP contribution is 2.27. The lowest BCUT2D eigenvalue weighted by Gasteiger charge is -2.29. The summed E-state index contributed by atoms with van der Waals surface area (Å²) in [5.41, 5.74) is 1.78. The van der Waals surface area contributed by atoms with Crippen molar-refractivity contribution in [1.82, 2.24) is 4.90 Å². The standard InChI is InChI=1S/C16H21NO2/c1-16(2,3)14-7-5-4-6-13(14)15(19)17-10-8-12(18)9-11-17/h4-7H,8-11H2,1-3H3. The van der Waals surface area contributed by atoms with Crippen molar-refractivity contribution in [3.05, 3.63) is 35.4 Å². The number of piperidine rings is 1. The summed E-state index contributed by atoms with van der Waals surface area (Å²) in [5, 5.41) is 0. The molecular formula is C16H21NO2. The van der Waals surface area contributed by atoms with Gasteiger partial charge in [-0.3, -0.25) is 9.59 Å². The monoisotopic (exact) mass is 259 g/mol. The maximum Gasteiger partial charge on any atom is 0.254 e. The minimum atomic E-state index is -0.0577. The highest BCUT2D eigenvalue weighted by Gasteiger charge is 2.26. The molecule has 0 radical (unpaired) electrons. The van der Waals surface area contributed by atoms with E-state index >= 15 is 0 Å². The van der Waals surface area contributed by atoms with Crippen molar-refractivity contribution < 1.29 is 9.59 Å². The number of benzene rings is 1. The number of amides is 1. The highest BCUT2D eigenvalue weighted by atomic mass is 16.2. The van der Waals surface area contributed by atoms with Gasteiger partial charge in [0.15, 0.2) is 0 Å². The second kappa shape index (κ2) is 5.16. The Balaban J connectivity index is 2.27. The van der Waals surface area contributed by atoms with Gasteiger partial charge < -0.3 is 4.90 Å². The van der Waals surface area contributed by atoms with Gasteiger partial charge in [-0.2, -0.15) is 0 Å². The van der Waals surface area contributed by atoms with E-state index in [-0.39, 0.29) is 17.1 Å². The van der Waals surface area contributed by atoms with Gasteiger partial charge in [0.05, 0.1) is 0 Å². The molecule has 1 aromatic carbocycles. The van der Waals surface area contributed by atoms with Crippen LogP contribution in [-0.4, -0.2) is 29.7 Å². The molecule has 102 valence electrons. The summed E-state index contributed by atoms with van der Waals surface area (Å²) >= 11 is 0. The Labute approximate surface area is 114 Å². The second-order valence-corrected chi connectivity index (χ2v) is 6.13. The summed E-state index contributed by atoms with van der Waals surface area (Å²) in [4.78, 5) is 25.6. The topological polar surface area (TPSA) is 37.4 Å². The van der Waals surface area contributed by atoms with Gasteiger partial charge >= 0.3 is 0 Å². The maximum atomic E-state index is 12.6. The third-order valence-electron chi connectivity index (χ3n) is 3.57. The number of carbonyl (C=O) groups is 2. The molecule has 1 saturated heterocycles. The largest absolute Gasteiger partial charge is 0.338 e. The Bertz CT molecular complexity index is 490. The van der Waals surface area contributed by atoms with E-state index in [1.807, 2.05) is 24.3 Å². The van der Waals surface area contributed by atoms with Crippen LogP contribution in [-0.2, 0) is 10.2 Å². The molecule has 1 fully saturated rings. The summed E-state index contributed by atoms with van der Waals surface area (Å²) in [6.07, 6.45) is 0.979. The van der Waals surface area contributed by atoms with E-state index in [2.05, 4.69) is 20.8 Å². The molecule has 1 aromatic rings. The molecule has 0 saturated carbocycles. The summed E-state index contributed by atoms with van der Waals surface area (Å²) in [5.74, 6) is 0.311. The Hall–Kier alpha value is -1.64. The average molecular weight is 259 g/mol. The first-order valence-corrected chi connectivity index (χ1v) is 6.80. The molecule has 1 aliphatic heterocycles. The summed E-state index contributed by atoms with van der Waals surface area (Å²) < 4.78 is 0. The Morgan fingerprint density at radius 3 is 2.26 bits per heavy atom. The fourth-order valence-electron chi connectivity index (χ4n) is 2.45. The van der Waals surface area contributed by atoms with E-state index in [0.717, 1.165) is 11.1 Å². The summed E-state index contributed by atoms with van der Waals surface area (Å²) in [6, 6.07) is 7.77. The average Bonchev–Trinajstić information content (AvgIpc) is 2.38. The van der Waals surface area contributed by atoms with Crippen LogP contribution >= 0.6 is 0 Å². The van der Waals surface area contributed by atoms with E-state index in [4.69, 9.17) is 0 Å². The zero-order valence-electron chi connectivity index (χ0n) is 11.9. The van der Waals surface area contributed by atoms with Crippen molar-refractivity contribution in [2.24, 2.45) is 0 Å². The van der Waals surface area contributed by atoms with Crippen LogP contribution in [0.15, 0.2) is 24.3 Å². The van der Waals surface area contributed by atoms with Crippen LogP contribution in [0, 0.1) is 0 Å². The Morgan fingerprint density at radius 2 is 1.68 bits per heavy atom. The number of rotatable bonds is 1. The van der Waals surface area contributed by atoms with Crippen molar-refractivity contribution in [2.75, 3.05) is 13.1 Å².